The Morgan fingerprint density at radius 1 is 1.29 bits per heavy atom. The summed E-state index contributed by atoms with van der Waals surface area (Å²) in [6, 6.07) is 10.3. The highest BCUT2D eigenvalue weighted by atomic mass is 16.5. The van der Waals surface area contributed by atoms with Gasteiger partial charge in [-0.3, -0.25) is 9.69 Å². The van der Waals surface area contributed by atoms with E-state index >= 15 is 0 Å². The van der Waals surface area contributed by atoms with Crippen LogP contribution in [0.2, 0.25) is 0 Å². The van der Waals surface area contributed by atoms with Gasteiger partial charge >= 0.3 is 0 Å². The van der Waals surface area contributed by atoms with Gasteiger partial charge in [0, 0.05) is 32.1 Å². The van der Waals surface area contributed by atoms with Crippen molar-refractivity contribution in [2.75, 3.05) is 13.1 Å². The summed E-state index contributed by atoms with van der Waals surface area (Å²) in [5.41, 5.74) is 0.706. The van der Waals surface area contributed by atoms with E-state index in [1.54, 1.807) is 6.08 Å². The van der Waals surface area contributed by atoms with Gasteiger partial charge in [0.15, 0.2) is 5.60 Å². The molecule has 0 aliphatic carbocycles. The first kappa shape index (κ1) is 10.5. The number of rotatable bonds is 2. The molecule has 0 amide bonds. The quantitative estimate of drug-likeness (QED) is 0.773. The molecule has 0 saturated carbocycles. The summed E-state index contributed by atoms with van der Waals surface area (Å²) in [6.45, 7) is 2.51. The second-order valence-electron chi connectivity index (χ2n) is 4.73. The number of carbonyl (C=O) groups excluding carboxylic acids is 1. The fourth-order valence-corrected chi connectivity index (χ4v) is 2.57. The van der Waals surface area contributed by atoms with Gasteiger partial charge in [0.2, 0.25) is 5.78 Å². The van der Waals surface area contributed by atoms with Crippen LogP contribution in [-0.2, 0) is 16.1 Å². The van der Waals surface area contributed by atoms with E-state index in [2.05, 4.69) is 17.0 Å². The first-order chi connectivity index (χ1) is 8.28. The van der Waals surface area contributed by atoms with Crippen molar-refractivity contribution in [3.05, 3.63) is 48.2 Å². The molecular weight excluding hydrogens is 214 g/mol. The molecule has 1 atom stereocenters. The minimum absolute atomic E-state index is 0.119. The first-order valence-corrected chi connectivity index (χ1v) is 5.94. The van der Waals surface area contributed by atoms with E-state index in [9.17, 15) is 4.79 Å². The number of ether oxygens (including phenoxy) is 1. The summed E-state index contributed by atoms with van der Waals surface area (Å²) < 4.78 is 5.51. The minimum atomic E-state index is -0.575. The van der Waals surface area contributed by atoms with E-state index < -0.39 is 5.60 Å². The fourth-order valence-electron chi connectivity index (χ4n) is 2.57. The molecule has 2 aliphatic rings. The molecule has 1 saturated heterocycles. The molecule has 1 aromatic rings. The number of hydrogen-bond acceptors (Lipinski definition) is 3. The van der Waals surface area contributed by atoms with Gasteiger partial charge in [-0.25, -0.2) is 0 Å². The normalized spacial score (nSPS) is 27.9. The zero-order valence-electron chi connectivity index (χ0n) is 9.63. The smallest absolute Gasteiger partial charge is 0.203 e. The van der Waals surface area contributed by atoms with Crippen LogP contribution < -0.4 is 0 Å². The average Bonchev–Trinajstić information content (AvgIpc) is 2.90. The van der Waals surface area contributed by atoms with Gasteiger partial charge < -0.3 is 4.74 Å². The first-order valence-electron chi connectivity index (χ1n) is 5.94. The zero-order valence-corrected chi connectivity index (χ0v) is 9.63. The van der Waals surface area contributed by atoms with Gasteiger partial charge in [0.05, 0.1) is 6.26 Å². The highest BCUT2D eigenvalue weighted by Gasteiger charge is 2.47. The Morgan fingerprint density at radius 2 is 2.12 bits per heavy atom. The molecule has 88 valence electrons. The number of nitrogens with zero attached hydrogens (tertiary/aromatic N) is 1. The van der Waals surface area contributed by atoms with Crippen molar-refractivity contribution < 1.29 is 9.53 Å². The van der Waals surface area contributed by atoms with Crippen LogP contribution in [0.25, 0.3) is 0 Å². The summed E-state index contributed by atoms with van der Waals surface area (Å²) >= 11 is 0. The Morgan fingerprint density at radius 3 is 2.82 bits per heavy atom. The van der Waals surface area contributed by atoms with Crippen LogP contribution in [0.1, 0.15) is 12.0 Å². The van der Waals surface area contributed by atoms with Crippen molar-refractivity contribution >= 4 is 5.78 Å². The number of benzene rings is 1. The fraction of sp³-hybridized carbons (Fsp3) is 0.357. The Balaban J connectivity index is 1.67. The van der Waals surface area contributed by atoms with Crippen LogP contribution in [0.15, 0.2) is 42.7 Å². The lowest BCUT2D eigenvalue weighted by atomic mass is 9.99. The molecule has 17 heavy (non-hydrogen) atoms. The van der Waals surface area contributed by atoms with E-state index in [-0.39, 0.29) is 5.78 Å². The third-order valence-electron chi connectivity index (χ3n) is 3.52. The van der Waals surface area contributed by atoms with Gasteiger partial charge in [-0.1, -0.05) is 30.3 Å². The van der Waals surface area contributed by atoms with Crippen LogP contribution in [0.4, 0.5) is 0 Å². The molecule has 2 aliphatic heterocycles. The molecule has 1 fully saturated rings. The number of hydrogen-bond donors (Lipinski definition) is 0. The number of carbonyl (C=O) groups is 1. The molecule has 3 nitrogen and oxygen atoms in total. The van der Waals surface area contributed by atoms with E-state index in [0.717, 1.165) is 19.5 Å². The van der Waals surface area contributed by atoms with Crippen molar-refractivity contribution in [1.29, 1.82) is 0 Å². The van der Waals surface area contributed by atoms with Crippen LogP contribution in [0, 0.1) is 0 Å². The van der Waals surface area contributed by atoms with Gasteiger partial charge in [0.25, 0.3) is 0 Å². The summed E-state index contributed by atoms with van der Waals surface area (Å²) in [4.78, 5) is 14.0. The molecular formula is C14H15NO2. The molecule has 0 bridgehead atoms. The molecule has 1 unspecified atom stereocenters. The molecule has 0 radical (unpaired) electrons. The molecule has 0 aromatic heterocycles. The van der Waals surface area contributed by atoms with E-state index in [1.165, 1.54) is 11.8 Å². The molecule has 1 aromatic carbocycles. The van der Waals surface area contributed by atoms with E-state index in [1.807, 2.05) is 18.2 Å². The Hall–Kier alpha value is -1.61. The van der Waals surface area contributed by atoms with E-state index in [4.69, 9.17) is 4.74 Å². The van der Waals surface area contributed by atoms with E-state index in [0.29, 0.717) is 6.54 Å². The third kappa shape index (κ3) is 1.87. The highest BCUT2D eigenvalue weighted by Crippen LogP contribution is 2.31. The monoisotopic (exact) mass is 229 g/mol. The summed E-state index contributed by atoms with van der Waals surface area (Å²) in [7, 11) is 0. The lowest BCUT2D eigenvalue weighted by Crippen LogP contribution is -2.39. The second-order valence-corrected chi connectivity index (χ2v) is 4.73. The topological polar surface area (TPSA) is 29.5 Å². The van der Waals surface area contributed by atoms with Crippen molar-refractivity contribution in [2.24, 2.45) is 0 Å². The maximum atomic E-state index is 11.8. The second kappa shape index (κ2) is 4.00. The standard InChI is InChI=1S/C14H15NO2/c16-13-6-9-17-14(13)7-8-15(11-14)10-12-4-2-1-3-5-12/h1-6,9H,7-8,10-11H2. The average molecular weight is 229 g/mol. The summed E-state index contributed by atoms with van der Waals surface area (Å²) in [5.74, 6) is 0.119. The molecule has 3 rings (SSSR count). The van der Waals surface area contributed by atoms with Gasteiger partial charge in [-0.15, -0.1) is 0 Å². The van der Waals surface area contributed by atoms with Crippen LogP contribution in [0.3, 0.4) is 0 Å². The van der Waals surface area contributed by atoms with Crippen molar-refractivity contribution in [3.63, 3.8) is 0 Å². The maximum absolute atomic E-state index is 11.8. The van der Waals surface area contributed by atoms with Crippen molar-refractivity contribution in [3.8, 4) is 0 Å². The van der Waals surface area contributed by atoms with Crippen molar-refractivity contribution in [2.45, 2.75) is 18.6 Å². The molecule has 2 heterocycles. The minimum Gasteiger partial charge on any atom is -0.485 e. The summed E-state index contributed by atoms with van der Waals surface area (Å²) in [6.07, 6.45) is 3.88. The molecule has 1 spiro atoms. The summed E-state index contributed by atoms with van der Waals surface area (Å²) in [5, 5.41) is 0. The van der Waals surface area contributed by atoms with Gasteiger partial charge in [-0.05, 0) is 5.56 Å². The molecule has 3 heteroatoms. The van der Waals surface area contributed by atoms with Gasteiger partial charge in [-0.2, -0.15) is 0 Å². The highest BCUT2D eigenvalue weighted by molar-refractivity contribution is 5.99. The zero-order chi connectivity index (χ0) is 11.7. The third-order valence-corrected chi connectivity index (χ3v) is 3.52. The Bertz CT molecular complexity index is 455. The maximum Gasteiger partial charge on any atom is 0.203 e. The van der Waals surface area contributed by atoms with Gasteiger partial charge in [0.1, 0.15) is 0 Å². The Labute approximate surface area is 101 Å². The van der Waals surface area contributed by atoms with Crippen LogP contribution in [0.5, 0.6) is 0 Å². The van der Waals surface area contributed by atoms with Crippen LogP contribution in [-0.4, -0.2) is 29.4 Å². The molecule has 0 N–H and O–H groups in total. The lowest BCUT2D eigenvalue weighted by Gasteiger charge is -2.22. The lowest BCUT2D eigenvalue weighted by molar-refractivity contribution is -0.128. The predicted molar refractivity (Wildman–Crippen MR) is 64.3 cm³/mol. The largest absolute Gasteiger partial charge is 0.485 e. The SMILES string of the molecule is O=C1C=COC12CCN(Cc1ccccc1)C2. The Kier molecular flexibility index (Phi) is 2.48. The number of likely N-dealkylation sites (tertiary alicyclic amines) is 1. The predicted octanol–water partition coefficient (Wildman–Crippen LogP) is 1.74. The number of ketones is 1. The van der Waals surface area contributed by atoms with Crippen molar-refractivity contribution in [1.82, 2.24) is 4.90 Å². The van der Waals surface area contributed by atoms with Crippen LogP contribution >= 0.6 is 0 Å².